The van der Waals surface area contributed by atoms with Gasteiger partial charge in [-0.05, 0) is 30.2 Å². The van der Waals surface area contributed by atoms with Crippen LogP contribution in [0.25, 0.3) is 0 Å². The van der Waals surface area contributed by atoms with Gasteiger partial charge in [0.05, 0.1) is 30.1 Å². The molecular formula is C16H17N3O4S. The number of hydrogen-bond donors (Lipinski definition) is 0. The molecule has 2 aliphatic rings. The molecule has 0 N–H and O–H groups in total. The van der Waals surface area contributed by atoms with E-state index >= 15 is 0 Å². The Morgan fingerprint density at radius 3 is 2.92 bits per heavy atom. The van der Waals surface area contributed by atoms with Crippen LogP contribution in [0.4, 0.5) is 0 Å². The van der Waals surface area contributed by atoms with Crippen molar-refractivity contribution in [2.75, 3.05) is 13.2 Å². The summed E-state index contributed by atoms with van der Waals surface area (Å²) in [5.41, 5.74) is 1.96. The van der Waals surface area contributed by atoms with Gasteiger partial charge in [-0.1, -0.05) is 0 Å². The highest BCUT2D eigenvalue weighted by Crippen LogP contribution is 2.30. The summed E-state index contributed by atoms with van der Waals surface area (Å²) in [6.45, 7) is 0.994. The molecule has 126 valence electrons. The highest BCUT2D eigenvalue weighted by atomic mass is 32.2. The Morgan fingerprint density at radius 1 is 1.25 bits per heavy atom. The predicted octanol–water partition coefficient (Wildman–Crippen LogP) is 0.462. The van der Waals surface area contributed by atoms with Gasteiger partial charge in [-0.25, -0.2) is 13.4 Å². The van der Waals surface area contributed by atoms with Gasteiger partial charge in [0, 0.05) is 25.6 Å². The fraction of sp³-hybridized carbons (Fsp3) is 0.375. The Kier molecular flexibility index (Phi) is 3.47. The lowest BCUT2D eigenvalue weighted by Gasteiger charge is -2.27. The second kappa shape index (κ2) is 5.42. The van der Waals surface area contributed by atoms with E-state index in [-0.39, 0.29) is 23.5 Å². The first-order valence-corrected chi connectivity index (χ1v) is 9.20. The summed E-state index contributed by atoms with van der Waals surface area (Å²) in [5.74, 6) is 0.753. The van der Waals surface area contributed by atoms with Crippen LogP contribution in [0.5, 0.6) is 5.75 Å². The van der Waals surface area contributed by atoms with Crippen LogP contribution < -0.4 is 10.3 Å². The van der Waals surface area contributed by atoms with Crippen molar-refractivity contribution in [3.63, 3.8) is 0 Å². The van der Waals surface area contributed by atoms with E-state index in [2.05, 4.69) is 4.98 Å². The molecule has 1 aromatic carbocycles. The average Bonchev–Trinajstić information content (AvgIpc) is 3.05. The Labute approximate surface area is 139 Å². The van der Waals surface area contributed by atoms with Crippen LogP contribution in [0, 0.1) is 0 Å². The maximum atomic E-state index is 12.9. The molecule has 8 heteroatoms. The summed E-state index contributed by atoms with van der Waals surface area (Å²) < 4.78 is 34.1. The number of aryl methyl sites for hydroxylation is 1. The number of fused-ring (bicyclic) bond motifs is 2. The van der Waals surface area contributed by atoms with E-state index in [0.717, 1.165) is 17.7 Å². The number of hydrogen-bond acceptors (Lipinski definition) is 5. The maximum Gasteiger partial charge on any atom is 0.256 e. The third kappa shape index (κ3) is 2.33. The van der Waals surface area contributed by atoms with Gasteiger partial charge < -0.3 is 9.30 Å². The number of ether oxygens (including phenoxy) is 1. The molecule has 24 heavy (non-hydrogen) atoms. The molecule has 1 aromatic heterocycles. The largest absolute Gasteiger partial charge is 0.493 e. The molecule has 4 rings (SSSR count). The highest BCUT2D eigenvalue weighted by molar-refractivity contribution is 7.89. The molecule has 0 radical (unpaired) electrons. The SMILES string of the molecule is Cn1cnc2c(c1=O)CCN(S(=O)(=O)c1ccc3c(c1)CCO3)C2. The van der Waals surface area contributed by atoms with Gasteiger partial charge >= 0.3 is 0 Å². The zero-order valence-corrected chi connectivity index (χ0v) is 14.0. The van der Waals surface area contributed by atoms with E-state index in [0.29, 0.717) is 24.3 Å². The topological polar surface area (TPSA) is 81.5 Å². The summed E-state index contributed by atoms with van der Waals surface area (Å²) in [6.07, 6.45) is 2.53. The first-order chi connectivity index (χ1) is 11.5. The summed E-state index contributed by atoms with van der Waals surface area (Å²) in [5, 5.41) is 0. The van der Waals surface area contributed by atoms with Gasteiger partial charge in [-0.2, -0.15) is 4.31 Å². The summed E-state index contributed by atoms with van der Waals surface area (Å²) in [7, 11) is -1.98. The second-order valence-electron chi connectivity index (χ2n) is 6.04. The van der Waals surface area contributed by atoms with Crippen LogP contribution in [0.3, 0.4) is 0 Å². The Balaban J connectivity index is 1.68. The average molecular weight is 347 g/mol. The van der Waals surface area contributed by atoms with Crippen molar-refractivity contribution < 1.29 is 13.2 Å². The minimum Gasteiger partial charge on any atom is -0.493 e. The molecule has 3 heterocycles. The lowest BCUT2D eigenvalue weighted by Crippen LogP contribution is -2.40. The van der Waals surface area contributed by atoms with Gasteiger partial charge in [0.25, 0.3) is 5.56 Å². The van der Waals surface area contributed by atoms with Crippen LogP contribution in [0.1, 0.15) is 16.8 Å². The van der Waals surface area contributed by atoms with Gasteiger partial charge in [0.2, 0.25) is 10.0 Å². The molecule has 0 fully saturated rings. The van der Waals surface area contributed by atoms with Gasteiger partial charge in [0.1, 0.15) is 5.75 Å². The molecule has 0 atom stereocenters. The Bertz CT molecular complexity index is 981. The summed E-state index contributed by atoms with van der Waals surface area (Å²) in [4.78, 5) is 16.6. The summed E-state index contributed by atoms with van der Waals surface area (Å²) in [6, 6.07) is 4.97. The van der Waals surface area contributed by atoms with Gasteiger partial charge in [-0.3, -0.25) is 4.79 Å². The van der Waals surface area contributed by atoms with Crippen molar-refractivity contribution in [3.05, 3.63) is 51.7 Å². The lowest BCUT2D eigenvalue weighted by molar-refractivity contribution is 0.356. The van der Waals surface area contributed by atoms with E-state index in [1.807, 2.05) is 0 Å². The van der Waals surface area contributed by atoms with Crippen molar-refractivity contribution in [1.29, 1.82) is 0 Å². The first-order valence-electron chi connectivity index (χ1n) is 7.76. The Hall–Kier alpha value is -2.19. The standard InChI is InChI=1S/C16H17N3O4S/c1-18-10-17-14-9-19(6-4-13(14)16(18)20)24(21,22)12-2-3-15-11(8-12)5-7-23-15/h2-3,8,10H,4-7,9H2,1H3. The monoisotopic (exact) mass is 347 g/mol. The third-order valence-electron chi connectivity index (χ3n) is 4.55. The second-order valence-corrected chi connectivity index (χ2v) is 7.98. The predicted molar refractivity (Wildman–Crippen MR) is 86.4 cm³/mol. The Morgan fingerprint density at radius 2 is 2.08 bits per heavy atom. The normalized spacial score (nSPS) is 17.2. The molecule has 0 saturated carbocycles. The number of rotatable bonds is 2. The molecule has 2 aromatic rings. The third-order valence-corrected chi connectivity index (χ3v) is 6.39. The van der Waals surface area contributed by atoms with Crippen molar-refractivity contribution in [2.24, 2.45) is 7.05 Å². The zero-order chi connectivity index (χ0) is 16.9. The van der Waals surface area contributed by atoms with Crippen LogP contribution >= 0.6 is 0 Å². The van der Waals surface area contributed by atoms with Gasteiger partial charge in [0.15, 0.2) is 0 Å². The van der Waals surface area contributed by atoms with Crippen LogP contribution in [0.15, 0.2) is 34.2 Å². The van der Waals surface area contributed by atoms with Crippen molar-refractivity contribution in [1.82, 2.24) is 13.9 Å². The number of nitrogens with zero attached hydrogens (tertiary/aromatic N) is 3. The number of benzene rings is 1. The number of aromatic nitrogens is 2. The van der Waals surface area contributed by atoms with Gasteiger partial charge in [-0.15, -0.1) is 0 Å². The van der Waals surface area contributed by atoms with E-state index in [1.165, 1.54) is 15.2 Å². The first kappa shape index (κ1) is 15.3. The maximum absolute atomic E-state index is 12.9. The van der Waals surface area contributed by atoms with Crippen LogP contribution in [-0.4, -0.2) is 35.4 Å². The van der Waals surface area contributed by atoms with Crippen molar-refractivity contribution in [2.45, 2.75) is 24.3 Å². The van der Waals surface area contributed by atoms with Crippen molar-refractivity contribution >= 4 is 10.0 Å². The molecule has 0 saturated heterocycles. The smallest absolute Gasteiger partial charge is 0.256 e. The van der Waals surface area contributed by atoms with E-state index in [9.17, 15) is 13.2 Å². The minimum atomic E-state index is -3.62. The lowest BCUT2D eigenvalue weighted by atomic mass is 10.1. The summed E-state index contributed by atoms with van der Waals surface area (Å²) >= 11 is 0. The number of sulfonamides is 1. The fourth-order valence-electron chi connectivity index (χ4n) is 3.17. The molecular weight excluding hydrogens is 330 g/mol. The molecule has 0 aliphatic carbocycles. The van der Waals surface area contributed by atoms with E-state index < -0.39 is 10.0 Å². The molecule has 7 nitrogen and oxygen atoms in total. The van der Waals surface area contributed by atoms with Crippen LogP contribution in [-0.2, 0) is 36.5 Å². The molecule has 0 unspecified atom stereocenters. The quantitative estimate of drug-likeness (QED) is 0.788. The zero-order valence-electron chi connectivity index (χ0n) is 13.2. The fourth-order valence-corrected chi connectivity index (χ4v) is 4.62. The molecule has 0 spiro atoms. The van der Waals surface area contributed by atoms with E-state index in [1.54, 1.807) is 25.2 Å². The molecule has 0 bridgehead atoms. The van der Waals surface area contributed by atoms with E-state index in [4.69, 9.17) is 4.74 Å². The van der Waals surface area contributed by atoms with Crippen molar-refractivity contribution in [3.8, 4) is 5.75 Å². The van der Waals surface area contributed by atoms with Crippen LogP contribution in [0.2, 0.25) is 0 Å². The highest BCUT2D eigenvalue weighted by Gasteiger charge is 2.31. The molecule has 0 amide bonds. The molecule has 2 aliphatic heterocycles. The minimum absolute atomic E-state index is 0.105.